The molecule has 2 aromatic heterocycles. The van der Waals surface area contributed by atoms with Gasteiger partial charge < -0.3 is 18.9 Å². The molecule has 0 radical (unpaired) electrons. The molecule has 1 fully saturated rings. The summed E-state index contributed by atoms with van der Waals surface area (Å²) in [5, 5.41) is 5.31. The number of rotatable bonds is 3. The van der Waals surface area contributed by atoms with Crippen LogP contribution in [0, 0.1) is 17.8 Å². The molecule has 1 spiro atoms. The molecule has 1 unspecified atom stereocenters. The van der Waals surface area contributed by atoms with E-state index in [4.69, 9.17) is 21.1 Å². The third-order valence-corrected chi connectivity index (χ3v) is 14.9. The highest BCUT2D eigenvalue weighted by atomic mass is 35.5. The van der Waals surface area contributed by atoms with Gasteiger partial charge >= 0.3 is 0 Å². The maximum absolute atomic E-state index is 14.9. The summed E-state index contributed by atoms with van der Waals surface area (Å²) in [6, 6.07) is 13.4. The summed E-state index contributed by atoms with van der Waals surface area (Å²) in [7, 11) is 0.0846. The third kappa shape index (κ3) is 6.87. The fraction of sp³-hybridized carbons (Fsp3) is 0.465. The SMILES string of the molecule is CO[C@H]1/C=C/C[C@H](C)CS(=O)(NC(=O)c2cc3n(c2)CCc2nn(C)cc2-3)=NC(=O)c2ccc3c(c2)N(C[C@@H]2CC[C@H]21)C[C@@]1(CCCc2cc(Cl)ccc21)CO3. The standard InChI is InChI=1S/C43H49ClN6O5S/c1-27-6-4-8-39(54-3)33-12-9-30(33)21-50-25-43(16-5-7-28-18-32(44)11-13-35(28)43)26-55-40-14-10-29(19-38(40)50)41(51)46-56(53,24-27)47-42(52)31-20-37-34-23-48(2)45-36(34)15-17-49(37)22-31/h4,8,10-11,13-14,18-20,22-23,27,30,33,39H,5-7,9,12,15-17,21,24-26H2,1-3H3,(H,46,47,51,52,53)/b8-4+/t27-,30-,33+,39-,43-,56?/m0/s1. The number of hydrogen-bond acceptors (Lipinski definition) is 7. The summed E-state index contributed by atoms with van der Waals surface area (Å²) in [4.78, 5) is 30.5. The van der Waals surface area contributed by atoms with E-state index >= 15 is 0 Å². The summed E-state index contributed by atoms with van der Waals surface area (Å²) in [5.74, 6) is 0.101. The number of benzene rings is 2. The number of amides is 2. The van der Waals surface area contributed by atoms with E-state index in [0.29, 0.717) is 54.8 Å². The fourth-order valence-corrected chi connectivity index (χ4v) is 11.9. The normalized spacial score (nSPS) is 29.0. The Bertz CT molecular complexity index is 2380. The molecule has 1 saturated carbocycles. The number of carbonyl (C=O) groups excluding carboxylic acids is 2. The second kappa shape index (κ2) is 14.5. The Hall–Kier alpha value is -4.39. The summed E-state index contributed by atoms with van der Waals surface area (Å²) >= 11 is 6.48. The summed E-state index contributed by atoms with van der Waals surface area (Å²) in [5.41, 5.74) is 6.59. The Labute approximate surface area is 333 Å². The molecule has 11 nitrogen and oxygen atoms in total. The molecule has 2 amide bonds. The second-order valence-electron chi connectivity index (χ2n) is 16.6. The number of nitrogens with zero attached hydrogens (tertiary/aromatic N) is 5. The molecule has 13 heteroatoms. The minimum atomic E-state index is -3.57. The van der Waals surface area contributed by atoms with Crippen LogP contribution in [0.4, 0.5) is 5.69 Å². The molecule has 2 bridgehead atoms. The molecule has 56 heavy (non-hydrogen) atoms. The highest BCUT2D eigenvalue weighted by Gasteiger charge is 2.44. The third-order valence-electron chi connectivity index (χ3n) is 12.7. The van der Waals surface area contributed by atoms with Crippen molar-refractivity contribution in [2.45, 2.75) is 69.9 Å². The van der Waals surface area contributed by atoms with Crippen LogP contribution in [0.15, 0.2) is 71.4 Å². The van der Waals surface area contributed by atoms with E-state index in [-0.39, 0.29) is 23.2 Å². The first-order valence-electron chi connectivity index (χ1n) is 19.8. The molecule has 294 valence electrons. The average molecular weight is 797 g/mol. The first kappa shape index (κ1) is 37.2. The quantitative estimate of drug-likeness (QED) is 0.219. The topological polar surface area (TPSA) is 120 Å². The first-order valence-corrected chi connectivity index (χ1v) is 21.9. The monoisotopic (exact) mass is 796 g/mol. The molecule has 6 atom stereocenters. The van der Waals surface area contributed by atoms with Crippen molar-refractivity contribution in [1.82, 2.24) is 19.1 Å². The zero-order valence-electron chi connectivity index (χ0n) is 32.2. The van der Waals surface area contributed by atoms with Crippen LogP contribution in [0.3, 0.4) is 0 Å². The molecule has 0 saturated heterocycles. The molecule has 2 aliphatic carbocycles. The maximum Gasteiger partial charge on any atom is 0.286 e. The number of hydrogen-bond donors (Lipinski definition) is 1. The summed E-state index contributed by atoms with van der Waals surface area (Å²) in [6.45, 7) is 4.65. The van der Waals surface area contributed by atoms with Gasteiger partial charge in [-0.05, 0) is 104 Å². The van der Waals surface area contributed by atoms with Gasteiger partial charge in [0, 0.05) is 74.2 Å². The van der Waals surface area contributed by atoms with Gasteiger partial charge in [0.15, 0.2) is 0 Å². The molecule has 5 heterocycles. The van der Waals surface area contributed by atoms with Crippen molar-refractivity contribution in [3.8, 4) is 17.0 Å². The fourth-order valence-electron chi connectivity index (χ4n) is 9.78. The average Bonchev–Trinajstić information content (AvgIpc) is 3.73. The largest absolute Gasteiger partial charge is 0.490 e. The second-order valence-corrected chi connectivity index (χ2v) is 19.1. The molecule has 4 aromatic rings. The number of anilines is 1. The van der Waals surface area contributed by atoms with E-state index in [2.05, 4.69) is 43.4 Å². The number of nitrogens with one attached hydrogen (secondary N) is 1. The Morgan fingerprint density at radius 2 is 2.00 bits per heavy atom. The van der Waals surface area contributed by atoms with E-state index in [9.17, 15) is 13.8 Å². The van der Waals surface area contributed by atoms with Gasteiger partial charge in [-0.3, -0.25) is 19.0 Å². The van der Waals surface area contributed by atoms with E-state index < -0.39 is 21.7 Å². The van der Waals surface area contributed by atoms with Crippen LogP contribution in [-0.4, -0.2) is 69.0 Å². The van der Waals surface area contributed by atoms with Crippen LogP contribution in [0.2, 0.25) is 5.02 Å². The molecular weight excluding hydrogens is 748 g/mol. The lowest BCUT2D eigenvalue weighted by Crippen LogP contribution is -2.49. The molecular formula is C43H49ClN6O5S. The highest BCUT2D eigenvalue weighted by Crippen LogP contribution is 2.47. The lowest BCUT2D eigenvalue weighted by atomic mass is 9.68. The minimum Gasteiger partial charge on any atom is -0.490 e. The Kier molecular flexibility index (Phi) is 9.65. The minimum absolute atomic E-state index is 0.00492. The van der Waals surface area contributed by atoms with E-state index in [1.165, 1.54) is 11.1 Å². The van der Waals surface area contributed by atoms with Crippen LogP contribution >= 0.6 is 11.6 Å². The number of carbonyl (C=O) groups is 2. The Morgan fingerprint density at radius 1 is 1.12 bits per heavy atom. The maximum atomic E-state index is 14.9. The number of aryl methyl sites for hydroxylation is 4. The zero-order valence-corrected chi connectivity index (χ0v) is 33.8. The predicted octanol–water partition coefficient (Wildman–Crippen LogP) is 7.16. The van der Waals surface area contributed by atoms with Crippen molar-refractivity contribution in [3.63, 3.8) is 0 Å². The van der Waals surface area contributed by atoms with E-state index in [1.54, 1.807) is 30.1 Å². The van der Waals surface area contributed by atoms with Gasteiger partial charge in [-0.25, -0.2) is 4.21 Å². The van der Waals surface area contributed by atoms with Crippen LogP contribution in [0.1, 0.15) is 76.6 Å². The smallest absolute Gasteiger partial charge is 0.286 e. The van der Waals surface area contributed by atoms with Crippen LogP contribution in [-0.2, 0) is 46.5 Å². The Morgan fingerprint density at radius 3 is 2.82 bits per heavy atom. The van der Waals surface area contributed by atoms with Crippen LogP contribution < -0.4 is 14.4 Å². The van der Waals surface area contributed by atoms with Crippen molar-refractivity contribution in [1.29, 1.82) is 0 Å². The van der Waals surface area contributed by atoms with Gasteiger partial charge in [-0.1, -0.05) is 36.7 Å². The molecule has 1 N–H and O–H groups in total. The van der Waals surface area contributed by atoms with Crippen molar-refractivity contribution >= 4 is 39.0 Å². The number of fused-ring (bicyclic) bond motifs is 7. The predicted molar refractivity (Wildman–Crippen MR) is 218 cm³/mol. The van der Waals surface area contributed by atoms with Gasteiger partial charge in [0.05, 0.1) is 41.1 Å². The van der Waals surface area contributed by atoms with Gasteiger partial charge in [0.2, 0.25) is 0 Å². The summed E-state index contributed by atoms with van der Waals surface area (Å²) < 4.78 is 38.6. The van der Waals surface area contributed by atoms with Gasteiger partial charge in [0.25, 0.3) is 11.8 Å². The van der Waals surface area contributed by atoms with Crippen molar-refractivity contribution < 1.29 is 23.3 Å². The molecule has 5 aliphatic rings. The van der Waals surface area contributed by atoms with Gasteiger partial charge in [0.1, 0.15) is 15.7 Å². The lowest BCUT2D eigenvalue weighted by molar-refractivity contribution is 0.0131. The zero-order chi connectivity index (χ0) is 38.8. The number of methoxy groups -OCH3 is 1. The molecule has 3 aliphatic heterocycles. The lowest BCUT2D eigenvalue weighted by Gasteiger charge is -2.46. The van der Waals surface area contributed by atoms with Crippen molar-refractivity contribution in [2.75, 3.05) is 37.5 Å². The van der Waals surface area contributed by atoms with Crippen molar-refractivity contribution in [2.24, 2.45) is 29.2 Å². The number of halogens is 1. The van der Waals surface area contributed by atoms with E-state index in [1.807, 2.05) is 42.9 Å². The van der Waals surface area contributed by atoms with Gasteiger partial charge in [-0.15, -0.1) is 4.36 Å². The van der Waals surface area contributed by atoms with Crippen LogP contribution in [0.5, 0.6) is 5.75 Å². The number of allylic oxidation sites excluding steroid dienone is 1. The Balaban J connectivity index is 1.09. The van der Waals surface area contributed by atoms with Crippen molar-refractivity contribution in [3.05, 3.63) is 100.0 Å². The highest BCUT2D eigenvalue weighted by molar-refractivity contribution is 7.92. The molecule has 2 aromatic carbocycles. The molecule has 9 rings (SSSR count). The summed E-state index contributed by atoms with van der Waals surface area (Å²) in [6.07, 6.45) is 14.4. The van der Waals surface area contributed by atoms with Crippen LogP contribution in [0.25, 0.3) is 11.3 Å². The van der Waals surface area contributed by atoms with E-state index in [0.717, 1.165) is 72.7 Å². The first-order chi connectivity index (χ1) is 27.0. The number of aromatic nitrogens is 3. The van der Waals surface area contributed by atoms with Gasteiger partial charge in [-0.2, -0.15) is 5.10 Å². The number of ether oxygens (including phenoxy) is 2.